The van der Waals surface area contributed by atoms with E-state index >= 15 is 0 Å². The van der Waals surface area contributed by atoms with E-state index in [-0.39, 0.29) is 0 Å². The highest BCUT2D eigenvalue weighted by Crippen LogP contribution is 2.35. The number of hydrogen-bond acceptors (Lipinski definition) is 3. The van der Waals surface area contributed by atoms with Gasteiger partial charge in [-0.3, -0.25) is 4.68 Å². The lowest BCUT2D eigenvalue weighted by Gasteiger charge is -1.94. The summed E-state index contributed by atoms with van der Waals surface area (Å²) in [4.78, 5) is 1.23. The Bertz CT molecular complexity index is 602. The van der Waals surface area contributed by atoms with Crippen molar-refractivity contribution in [3.8, 4) is 10.4 Å². The Labute approximate surface area is 97.1 Å². The molecule has 16 heavy (non-hydrogen) atoms. The fourth-order valence-electron chi connectivity index (χ4n) is 1.81. The van der Waals surface area contributed by atoms with Gasteiger partial charge < -0.3 is 5.73 Å². The summed E-state index contributed by atoms with van der Waals surface area (Å²) in [5, 5.41) is 4.19. The van der Waals surface area contributed by atoms with Crippen molar-refractivity contribution < 1.29 is 0 Å². The molecular weight excluding hydrogens is 218 g/mol. The van der Waals surface area contributed by atoms with Gasteiger partial charge in [0.05, 0.1) is 10.2 Å². The highest BCUT2D eigenvalue weighted by molar-refractivity contribution is 7.22. The van der Waals surface area contributed by atoms with Gasteiger partial charge in [-0.05, 0) is 11.6 Å². The van der Waals surface area contributed by atoms with Crippen LogP contribution in [-0.2, 0) is 7.05 Å². The Morgan fingerprint density at radius 3 is 2.69 bits per heavy atom. The van der Waals surface area contributed by atoms with E-state index in [4.69, 9.17) is 5.73 Å². The lowest BCUT2D eigenvalue weighted by Crippen LogP contribution is -1.91. The summed E-state index contributed by atoms with van der Waals surface area (Å²) < 4.78 is 2.90. The van der Waals surface area contributed by atoms with Crippen LogP contribution in [0.2, 0.25) is 0 Å². The molecule has 2 aromatic heterocycles. The number of hydrogen-bond donors (Lipinski definition) is 1. The smallest absolute Gasteiger partial charge is 0.163 e. The third kappa shape index (κ3) is 1.31. The number of aromatic nitrogens is 2. The molecule has 0 spiro atoms. The summed E-state index contributed by atoms with van der Waals surface area (Å²) in [5.41, 5.74) is 8.17. The van der Waals surface area contributed by atoms with Gasteiger partial charge in [-0.1, -0.05) is 30.3 Å². The maximum absolute atomic E-state index is 5.85. The molecule has 0 fully saturated rings. The number of benzene rings is 1. The minimum Gasteiger partial charge on any atom is -0.381 e. The standard InChI is InChI=1S/C12H11N3S/c1-15-9-7-10(8-5-3-2-4-6-8)16-11(9)12(13)14-15/h2-7H,1H3,(H2,13,14). The van der Waals surface area contributed by atoms with Crippen LogP contribution in [0.3, 0.4) is 0 Å². The molecule has 3 aromatic rings. The minimum atomic E-state index is 0.615. The number of nitrogens with zero attached hydrogens (tertiary/aromatic N) is 2. The second kappa shape index (κ2) is 3.35. The molecule has 3 rings (SSSR count). The van der Waals surface area contributed by atoms with Crippen molar-refractivity contribution in [2.24, 2.45) is 7.05 Å². The van der Waals surface area contributed by atoms with Gasteiger partial charge in [0.15, 0.2) is 5.82 Å². The summed E-state index contributed by atoms with van der Waals surface area (Å²) in [7, 11) is 1.92. The van der Waals surface area contributed by atoms with Crippen molar-refractivity contribution in [1.82, 2.24) is 9.78 Å². The lowest BCUT2D eigenvalue weighted by atomic mass is 10.2. The first kappa shape index (κ1) is 9.42. The normalized spacial score (nSPS) is 11.1. The van der Waals surface area contributed by atoms with Gasteiger partial charge in [-0.2, -0.15) is 5.10 Å². The summed E-state index contributed by atoms with van der Waals surface area (Å²) in [5.74, 6) is 0.615. The zero-order valence-corrected chi connectivity index (χ0v) is 9.66. The molecule has 1 aromatic carbocycles. The first-order valence-corrected chi connectivity index (χ1v) is 5.85. The van der Waals surface area contributed by atoms with Gasteiger partial charge >= 0.3 is 0 Å². The van der Waals surface area contributed by atoms with Crippen molar-refractivity contribution >= 4 is 27.4 Å². The van der Waals surface area contributed by atoms with E-state index in [0.29, 0.717) is 5.82 Å². The topological polar surface area (TPSA) is 43.8 Å². The largest absolute Gasteiger partial charge is 0.381 e. The van der Waals surface area contributed by atoms with Crippen LogP contribution in [0, 0.1) is 0 Å². The van der Waals surface area contributed by atoms with Crippen molar-refractivity contribution in [2.75, 3.05) is 5.73 Å². The van der Waals surface area contributed by atoms with Crippen LogP contribution >= 0.6 is 11.3 Å². The SMILES string of the molecule is Cn1nc(N)c2sc(-c3ccccc3)cc21. The molecule has 0 aliphatic rings. The molecule has 0 radical (unpaired) electrons. The summed E-state index contributed by atoms with van der Waals surface area (Å²) in [6, 6.07) is 12.5. The Balaban J connectivity index is 2.23. The fraction of sp³-hybridized carbons (Fsp3) is 0.0833. The zero-order chi connectivity index (χ0) is 11.1. The van der Waals surface area contributed by atoms with Gasteiger partial charge in [-0.25, -0.2) is 0 Å². The quantitative estimate of drug-likeness (QED) is 0.697. The average Bonchev–Trinajstić information content (AvgIpc) is 2.83. The van der Waals surface area contributed by atoms with Gasteiger partial charge in [0, 0.05) is 11.9 Å². The van der Waals surface area contributed by atoms with Crippen LogP contribution in [0.5, 0.6) is 0 Å². The van der Waals surface area contributed by atoms with Gasteiger partial charge in [0.2, 0.25) is 0 Å². The molecule has 80 valence electrons. The third-order valence-electron chi connectivity index (χ3n) is 2.61. The molecule has 3 nitrogen and oxygen atoms in total. The number of fused-ring (bicyclic) bond motifs is 1. The fourth-order valence-corrected chi connectivity index (χ4v) is 2.90. The minimum absolute atomic E-state index is 0.615. The van der Waals surface area contributed by atoms with E-state index in [1.54, 1.807) is 11.3 Å². The van der Waals surface area contributed by atoms with E-state index in [1.165, 1.54) is 10.4 Å². The van der Waals surface area contributed by atoms with Gasteiger partial charge in [0.1, 0.15) is 0 Å². The molecule has 0 unspecified atom stereocenters. The molecule has 0 aliphatic carbocycles. The van der Waals surface area contributed by atoms with E-state index in [1.807, 2.05) is 29.9 Å². The second-order valence-electron chi connectivity index (χ2n) is 3.70. The molecule has 0 amide bonds. The number of aryl methyl sites for hydroxylation is 1. The number of thiophene rings is 1. The van der Waals surface area contributed by atoms with Crippen LogP contribution in [0.15, 0.2) is 36.4 Å². The van der Waals surface area contributed by atoms with Crippen molar-refractivity contribution in [3.63, 3.8) is 0 Å². The van der Waals surface area contributed by atoms with E-state index in [2.05, 4.69) is 23.3 Å². The molecule has 0 bridgehead atoms. The first-order valence-electron chi connectivity index (χ1n) is 5.03. The number of nitrogens with two attached hydrogens (primary N) is 1. The average molecular weight is 229 g/mol. The molecule has 2 heterocycles. The van der Waals surface area contributed by atoms with Crippen molar-refractivity contribution in [2.45, 2.75) is 0 Å². The predicted molar refractivity (Wildman–Crippen MR) is 68.4 cm³/mol. The molecule has 0 aliphatic heterocycles. The Morgan fingerprint density at radius 2 is 2.00 bits per heavy atom. The van der Waals surface area contributed by atoms with Crippen LogP contribution in [0.1, 0.15) is 0 Å². The van der Waals surface area contributed by atoms with Crippen LogP contribution in [0.25, 0.3) is 20.7 Å². The Hall–Kier alpha value is -1.81. The van der Waals surface area contributed by atoms with Gasteiger partial charge in [0.25, 0.3) is 0 Å². The number of rotatable bonds is 1. The lowest BCUT2D eigenvalue weighted by molar-refractivity contribution is 0.802. The summed E-state index contributed by atoms with van der Waals surface area (Å²) >= 11 is 1.69. The highest BCUT2D eigenvalue weighted by atomic mass is 32.1. The molecule has 2 N–H and O–H groups in total. The predicted octanol–water partition coefficient (Wildman–Crippen LogP) is 2.88. The van der Waals surface area contributed by atoms with E-state index in [9.17, 15) is 0 Å². The summed E-state index contributed by atoms with van der Waals surface area (Å²) in [6.45, 7) is 0. The maximum atomic E-state index is 5.85. The van der Waals surface area contributed by atoms with E-state index in [0.717, 1.165) is 10.2 Å². The molecule has 0 saturated carbocycles. The Kier molecular flexibility index (Phi) is 1.97. The zero-order valence-electron chi connectivity index (χ0n) is 8.84. The molecule has 0 atom stereocenters. The number of nitrogen functional groups attached to an aromatic ring is 1. The molecular formula is C12H11N3S. The van der Waals surface area contributed by atoms with Gasteiger partial charge in [-0.15, -0.1) is 11.3 Å². The molecule has 0 saturated heterocycles. The second-order valence-corrected chi connectivity index (χ2v) is 4.75. The third-order valence-corrected chi connectivity index (χ3v) is 3.81. The van der Waals surface area contributed by atoms with Crippen LogP contribution in [-0.4, -0.2) is 9.78 Å². The van der Waals surface area contributed by atoms with Crippen LogP contribution < -0.4 is 5.73 Å². The van der Waals surface area contributed by atoms with Crippen LogP contribution in [0.4, 0.5) is 5.82 Å². The van der Waals surface area contributed by atoms with Crippen molar-refractivity contribution in [3.05, 3.63) is 36.4 Å². The maximum Gasteiger partial charge on any atom is 0.163 e. The summed E-state index contributed by atoms with van der Waals surface area (Å²) in [6.07, 6.45) is 0. The monoisotopic (exact) mass is 229 g/mol. The molecule has 4 heteroatoms. The number of anilines is 1. The Morgan fingerprint density at radius 1 is 1.25 bits per heavy atom. The van der Waals surface area contributed by atoms with E-state index < -0.39 is 0 Å². The highest BCUT2D eigenvalue weighted by Gasteiger charge is 2.11. The van der Waals surface area contributed by atoms with Crippen molar-refractivity contribution in [1.29, 1.82) is 0 Å². The first-order chi connectivity index (χ1) is 7.75.